The van der Waals surface area contributed by atoms with Crippen molar-refractivity contribution in [2.75, 3.05) is 6.67 Å². The third kappa shape index (κ3) is 2.04. The molecular formula is C10H13FNO. The molecule has 3 heteroatoms. The van der Waals surface area contributed by atoms with Gasteiger partial charge in [-0.05, 0) is 31.0 Å². The van der Waals surface area contributed by atoms with Crippen LogP contribution in [0.5, 0.6) is 0 Å². The van der Waals surface area contributed by atoms with Gasteiger partial charge >= 0.3 is 0 Å². The molecule has 0 saturated carbocycles. The van der Waals surface area contributed by atoms with E-state index in [0.29, 0.717) is 5.56 Å². The molecule has 0 aliphatic rings. The van der Waals surface area contributed by atoms with Crippen molar-refractivity contribution in [3.63, 3.8) is 0 Å². The molecule has 1 radical (unpaired) electrons. The second-order valence-electron chi connectivity index (χ2n) is 3.03. The monoisotopic (exact) mass is 182 g/mol. The van der Waals surface area contributed by atoms with E-state index < -0.39 is 12.3 Å². The molecule has 0 fully saturated rings. The summed E-state index contributed by atoms with van der Waals surface area (Å²) in [5.41, 5.74) is -0.149. The Morgan fingerprint density at radius 1 is 1.69 bits per heavy atom. The summed E-state index contributed by atoms with van der Waals surface area (Å²) in [7, 11) is 0. The average Bonchev–Trinajstić information content (AvgIpc) is 2.17. The van der Waals surface area contributed by atoms with E-state index in [1.54, 1.807) is 32.2 Å². The Labute approximate surface area is 77.4 Å². The first-order valence-electron chi connectivity index (χ1n) is 4.14. The van der Waals surface area contributed by atoms with Crippen LogP contribution in [0, 0.1) is 13.3 Å². The van der Waals surface area contributed by atoms with E-state index >= 15 is 0 Å². The van der Waals surface area contributed by atoms with E-state index in [0.717, 1.165) is 5.69 Å². The van der Waals surface area contributed by atoms with Crippen LogP contribution in [0.3, 0.4) is 0 Å². The number of rotatable bonds is 3. The number of nitrogens with zero attached hydrogens (tertiary/aromatic N) is 1. The second kappa shape index (κ2) is 3.83. The highest BCUT2D eigenvalue weighted by Gasteiger charge is 2.27. The minimum atomic E-state index is -1.46. The zero-order valence-corrected chi connectivity index (χ0v) is 7.79. The largest absolute Gasteiger partial charge is 0.382 e. The normalized spacial score (nSPS) is 15.4. The zero-order chi connectivity index (χ0) is 9.90. The molecule has 1 heterocycles. The Hall–Kier alpha value is -0.960. The molecule has 0 aliphatic carbocycles. The molecule has 1 unspecified atom stereocenters. The van der Waals surface area contributed by atoms with Crippen molar-refractivity contribution in [2.45, 2.75) is 19.4 Å². The third-order valence-corrected chi connectivity index (χ3v) is 2.08. The first-order chi connectivity index (χ1) is 6.12. The molecule has 71 valence electrons. The van der Waals surface area contributed by atoms with Gasteiger partial charge in [0.15, 0.2) is 0 Å². The minimum absolute atomic E-state index is 0.546. The molecule has 0 saturated heterocycles. The summed E-state index contributed by atoms with van der Waals surface area (Å²) in [5.74, 6) is 0. The summed E-state index contributed by atoms with van der Waals surface area (Å²) in [6.07, 6.45) is 3.01. The summed E-state index contributed by atoms with van der Waals surface area (Å²) >= 11 is 0. The highest BCUT2D eigenvalue weighted by molar-refractivity contribution is 5.25. The predicted molar refractivity (Wildman–Crippen MR) is 48.8 cm³/mol. The van der Waals surface area contributed by atoms with Crippen LogP contribution in [-0.2, 0) is 5.60 Å². The van der Waals surface area contributed by atoms with Crippen molar-refractivity contribution in [3.8, 4) is 0 Å². The lowest BCUT2D eigenvalue weighted by molar-refractivity contribution is 0.0437. The fraction of sp³-hybridized carbons (Fsp3) is 0.400. The number of aliphatic hydroxyl groups is 1. The number of aromatic nitrogens is 1. The van der Waals surface area contributed by atoms with Gasteiger partial charge in [-0.25, -0.2) is 4.39 Å². The van der Waals surface area contributed by atoms with Crippen molar-refractivity contribution in [2.24, 2.45) is 0 Å². The zero-order valence-electron chi connectivity index (χ0n) is 7.79. The van der Waals surface area contributed by atoms with Crippen molar-refractivity contribution in [1.82, 2.24) is 4.98 Å². The molecule has 0 spiro atoms. The summed E-state index contributed by atoms with van der Waals surface area (Å²) in [6.45, 7) is 2.63. The van der Waals surface area contributed by atoms with E-state index in [2.05, 4.69) is 4.98 Å². The average molecular weight is 182 g/mol. The number of aryl methyl sites for hydroxylation is 1. The lowest BCUT2D eigenvalue weighted by Crippen LogP contribution is -2.27. The van der Waals surface area contributed by atoms with Crippen LogP contribution >= 0.6 is 0 Å². The molecule has 1 aromatic heterocycles. The van der Waals surface area contributed by atoms with Crippen molar-refractivity contribution >= 4 is 0 Å². The smallest absolute Gasteiger partial charge is 0.123 e. The minimum Gasteiger partial charge on any atom is -0.382 e. The molecule has 1 atom stereocenters. The van der Waals surface area contributed by atoms with Gasteiger partial charge in [0.1, 0.15) is 12.3 Å². The van der Waals surface area contributed by atoms with Gasteiger partial charge in [-0.3, -0.25) is 4.98 Å². The van der Waals surface area contributed by atoms with Gasteiger partial charge in [0.2, 0.25) is 0 Å². The van der Waals surface area contributed by atoms with E-state index in [1.807, 2.05) is 0 Å². The maximum atomic E-state index is 12.6. The van der Waals surface area contributed by atoms with Gasteiger partial charge < -0.3 is 5.11 Å². The van der Waals surface area contributed by atoms with Crippen LogP contribution in [0.2, 0.25) is 0 Å². The number of pyridine rings is 1. The van der Waals surface area contributed by atoms with E-state index in [1.165, 1.54) is 6.42 Å². The quantitative estimate of drug-likeness (QED) is 0.772. The third-order valence-electron chi connectivity index (χ3n) is 2.08. The van der Waals surface area contributed by atoms with Gasteiger partial charge in [-0.1, -0.05) is 6.92 Å². The van der Waals surface area contributed by atoms with Gasteiger partial charge in [0.25, 0.3) is 0 Å². The lowest BCUT2D eigenvalue weighted by atomic mass is 9.93. The Balaban J connectivity index is 3.05. The first-order valence-corrected chi connectivity index (χ1v) is 4.14. The predicted octanol–water partition coefficient (Wildman–Crippen LogP) is 1.77. The van der Waals surface area contributed by atoms with E-state index in [-0.39, 0.29) is 0 Å². The van der Waals surface area contributed by atoms with Crippen LogP contribution in [0.1, 0.15) is 18.2 Å². The van der Waals surface area contributed by atoms with E-state index in [9.17, 15) is 9.50 Å². The van der Waals surface area contributed by atoms with Crippen LogP contribution in [0.4, 0.5) is 4.39 Å². The maximum absolute atomic E-state index is 12.6. The highest BCUT2D eigenvalue weighted by Crippen LogP contribution is 2.24. The molecule has 0 bridgehead atoms. The van der Waals surface area contributed by atoms with Crippen molar-refractivity contribution in [3.05, 3.63) is 36.0 Å². The number of alkyl halides is 1. The summed E-state index contributed by atoms with van der Waals surface area (Å²) in [4.78, 5) is 3.97. The Morgan fingerprint density at radius 3 is 2.85 bits per heavy atom. The fourth-order valence-corrected chi connectivity index (χ4v) is 1.14. The van der Waals surface area contributed by atoms with E-state index in [4.69, 9.17) is 0 Å². The first kappa shape index (κ1) is 10.1. The summed E-state index contributed by atoms with van der Waals surface area (Å²) in [5, 5.41) is 9.77. The van der Waals surface area contributed by atoms with Crippen molar-refractivity contribution in [1.29, 1.82) is 0 Å². The number of hydrogen-bond donors (Lipinski definition) is 1. The maximum Gasteiger partial charge on any atom is 0.123 e. The van der Waals surface area contributed by atoms with Gasteiger partial charge in [0.05, 0.1) is 0 Å². The molecule has 1 N–H and O–H groups in total. The van der Waals surface area contributed by atoms with Gasteiger partial charge in [-0.15, -0.1) is 0 Å². The van der Waals surface area contributed by atoms with Crippen LogP contribution < -0.4 is 0 Å². The van der Waals surface area contributed by atoms with Crippen LogP contribution in [0.25, 0.3) is 0 Å². The topological polar surface area (TPSA) is 33.1 Å². The summed E-state index contributed by atoms with van der Waals surface area (Å²) < 4.78 is 12.6. The van der Waals surface area contributed by atoms with Crippen LogP contribution in [0.15, 0.2) is 18.3 Å². The fourth-order valence-electron chi connectivity index (χ4n) is 1.14. The molecule has 0 amide bonds. The summed E-state index contributed by atoms with van der Waals surface area (Å²) in [6, 6.07) is 3.30. The molecule has 13 heavy (non-hydrogen) atoms. The molecular weight excluding hydrogens is 169 g/mol. The van der Waals surface area contributed by atoms with Gasteiger partial charge in [0, 0.05) is 11.9 Å². The highest BCUT2D eigenvalue weighted by atomic mass is 19.1. The second-order valence-corrected chi connectivity index (χ2v) is 3.03. The lowest BCUT2D eigenvalue weighted by Gasteiger charge is -2.23. The van der Waals surface area contributed by atoms with Crippen LogP contribution in [-0.4, -0.2) is 16.8 Å². The number of halogens is 1. The molecule has 1 aromatic rings. The Bertz CT molecular complexity index is 284. The molecule has 0 aliphatic heterocycles. The molecule has 0 aromatic carbocycles. The number of hydrogen-bond acceptors (Lipinski definition) is 2. The standard InChI is InChI=1S/C10H13FNO/c1-3-10(13,7-11)9-4-5-12-8(2)6-9/h3-6,13H,7H2,1-2H3. The Morgan fingerprint density at radius 2 is 2.38 bits per heavy atom. The van der Waals surface area contributed by atoms with Crippen molar-refractivity contribution < 1.29 is 9.50 Å². The van der Waals surface area contributed by atoms with Gasteiger partial charge in [-0.2, -0.15) is 0 Å². The molecule has 1 rings (SSSR count). The Kier molecular flexibility index (Phi) is 2.98. The SMILES string of the molecule is C[CH]C(O)(CF)c1ccnc(C)c1. The molecule has 2 nitrogen and oxygen atoms in total.